The first-order chi connectivity index (χ1) is 10.6. The largest absolute Gasteiger partial charge is 0.496 e. The molecule has 1 amide bonds. The number of hydrogen-bond donors (Lipinski definition) is 2. The Labute approximate surface area is 129 Å². The van der Waals surface area contributed by atoms with Crippen molar-refractivity contribution in [3.63, 3.8) is 0 Å². The van der Waals surface area contributed by atoms with Gasteiger partial charge in [-0.25, -0.2) is 9.97 Å². The first-order valence-electron chi connectivity index (χ1n) is 7.09. The van der Waals surface area contributed by atoms with Crippen molar-refractivity contribution in [1.29, 1.82) is 0 Å². The number of methoxy groups -OCH3 is 1. The van der Waals surface area contributed by atoms with E-state index in [4.69, 9.17) is 4.74 Å². The van der Waals surface area contributed by atoms with Crippen molar-refractivity contribution in [2.24, 2.45) is 0 Å². The second-order valence-electron chi connectivity index (χ2n) is 5.08. The number of nitrogens with one attached hydrogen (secondary N) is 2. The van der Waals surface area contributed by atoms with E-state index in [1.807, 2.05) is 38.1 Å². The molecule has 0 atom stereocenters. The normalized spacial score (nSPS) is 10.4. The van der Waals surface area contributed by atoms with Crippen LogP contribution in [0.1, 0.15) is 29.9 Å². The molecular formula is C16H20N4O2. The Morgan fingerprint density at radius 3 is 2.64 bits per heavy atom. The zero-order chi connectivity index (χ0) is 15.9. The first-order valence-corrected chi connectivity index (χ1v) is 7.09. The predicted octanol–water partition coefficient (Wildman–Crippen LogP) is 2.24. The number of anilines is 1. The Morgan fingerprint density at radius 1 is 1.23 bits per heavy atom. The molecule has 0 saturated carbocycles. The number of carbonyl (C=O) groups excluding carboxylic acids is 1. The Hall–Kier alpha value is -2.63. The summed E-state index contributed by atoms with van der Waals surface area (Å²) in [5.74, 6) is 1.12. The molecule has 0 saturated heterocycles. The number of hydrogen-bond acceptors (Lipinski definition) is 5. The lowest BCUT2D eigenvalue weighted by Crippen LogP contribution is -2.24. The van der Waals surface area contributed by atoms with Gasteiger partial charge in [0.05, 0.1) is 19.5 Å². The minimum absolute atomic E-state index is 0.263. The summed E-state index contributed by atoms with van der Waals surface area (Å²) >= 11 is 0. The molecule has 0 radical (unpaired) electrons. The molecule has 0 aliphatic rings. The molecule has 1 heterocycles. The molecule has 116 valence electrons. The number of rotatable bonds is 6. The van der Waals surface area contributed by atoms with Crippen molar-refractivity contribution in [2.75, 3.05) is 12.4 Å². The third-order valence-electron chi connectivity index (χ3n) is 2.95. The number of benzene rings is 1. The molecule has 2 rings (SSSR count). The quantitative estimate of drug-likeness (QED) is 0.855. The topological polar surface area (TPSA) is 76.1 Å². The number of para-hydroxylation sites is 1. The van der Waals surface area contributed by atoms with Gasteiger partial charge in [-0.05, 0) is 19.9 Å². The summed E-state index contributed by atoms with van der Waals surface area (Å²) in [5.41, 5.74) is 1.19. The smallest absolute Gasteiger partial charge is 0.271 e. The van der Waals surface area contributed by atoms with Crippen LogP contribution in [0, 0.1) is 0 Å². The molecule has 6 nitrogen and oxygen atoms in total. The summed E-state index contributed by atoms with van der Waals surface area (Å²) in [6, 6.07) is 7.81. The maximum Gasteiger partial charge on any atom is 0.271 e. The van der Waals surface area contributed by atoms with E-state index in [2.05, 4.69) is 20.6 Å². The summed E-state index contributed by atoms with van der Waals surface area (Å²) in [4.78, 5) is 20.4. The van der Waals surface area contributed by atoms with Gasteiger partial charge >= 0.3 is 0 Å². The Balaban J connectivity index is 1.97. The average molecular weight is 300 g/mol. The van der Waals surface area contributed by atoms with Gasteiger partial charge in [-0.2, -0.15) is 0 Å². The van der Waals surface area contributed by atoms with Crippen molar-refractivity contribution >= 4 is 11.7 Å². The number of carbonyl (C=O) groups is 1. The van der Waals surface area contributed by atoms with Crippen LogP contribution >= 0.6 is 0 Å². The molecule has 0 aliphatic heterocycles. The second-order valence-corrected chi connectivity index (χ2v) is 5.08. The van der Waals surface area contributed by atoms with Crippen LogP contribution in [-0.4, -0.2) is 29.0 Å². The van der Waals surface area contributed by atoms with E-state index in [1.54, 1.807) is 13.3 Å². The highest BCUT2D eigenvalue weighted by atomic mass is 16.5. The molecule has 6 heteroatoms. The minimum atomic E-state index is -0.269. The van der Waals surface area contributed by atoms with E-state index in [0.717, 1.165) is 11.3 Å². The highest BCUT2D eigenvalue weighted by Gasteiger charge is 2.09. The van der Waals surface area contributed by atoms with Crippen molar-refractivity contribution in [1.82, 2.24) is 15.3 Å². The van der Waals surface area contributed by atoms with E-state index >= 15 is 0 Å². The van der Waals surface area contributed by atoms with Gasteiger partial charge in [0.2, 0.25) is 0 Å². The molecule has 1 aromatic heterocycles. The van der Waals surface area contributed by atoms with E-state index in [0.29, 0.717) is 12.4 Å². The number of amides is 1. The van der Waals surface area contributed by atoms with Gasteiger partial charge in [0.15, 0.2) is 0 Å². The van der Waals surface area contributed by atoms with E-state index in [1.165, 1.54) is 6.20 Å². The van der Waals surface area contributed by atoms with Crippen molar-refractivity contribution in [2.45, 2.75) is 26.4 Å². The van der Waals surface area contributed by atoms with Crippen molar-refractivity contribution < 1.29 is 9.53 Å². The van der Waals surface area contributed by atoms with Crippen LogP contribution in [0.2, 0.25) is 0 Å². The Bertz CT molecular complexity index is 626. The lowest BCUT2D eigenvalue weighted by molar-refractivity contribution is 0.0945. The third-order valence-corrected chi connectivity index (χ3v) is 2.95. The highest BCUT2D eigenvalue weighted by molar-refractivity contribution is 5.92. The molecule has 2 N–H and O–H groups in total. The van der Waals surface area contributed by atoms with Crippen LogP contribution in [0.15, 0.2) is 36.7 Å². The molecule has 0 bridgehead atoms. The summed E-state index contributed by atoms with van der Waals surface area (Å²) in [6.07, 6.45) is 3.01. The molecule has 22 heavy (non-hydrogen) atoms. The number of ether oxygens (including phenoxy) is 1. The summed E-state index contributed by atoms with van der Waals surface area (Å²) in [5, 5.41) is 5.93. The summed E-state index contributed by atoms with van der Waals surface area (Å²) in [6.45, 7) is 4.39. The van der Waals surface area contributed by atoms with Crippen LogP contribution in [-0.2, 0) is 6.54 Å². The Kier molecular flexibility index (Phi) is 5.30. The lowest BCUT2D eigenvalue weighted by atomic mass is 10.2. The fraction of sp³-hybridized carbons (Fsp3) is 0.312. The molecule has 1 aromatic carbocycles. The average Bonchev–Trinajstić information content (AvgIpc) is 2.53. The second kappa shape index (κ2) is 7.40. The zero-order valence-electron chi connectivity index (χ0n) is 13.0. The molecule has 0 fully saturated rings. The Morgan fingerprint density at radius 2 is 2.00 bits per heavy atom. The fourth-order valence-electron chi connectivity index (χ4n) is 1.93. The summed E-state index contributed by atoms with van der Waals surface area (Å²) < 4.78 is 5.25. The van der Waals surface area contributed by atoms with Gasteiger partial charge in [0, 0.05) is 18.2 Å². The lowest BCUT2D eigenvalue weighted by Gasteiger charge is -2.10. The molecular weight excluding hydrogens is 280 g/mol. The standard InChI is InChI=1S/C16H20N4O2/c1-11(2)20-15-10-17-13(9-18-15)16(21)19-8-12-6-4-5-7-14(12)22-3/h4-7,9-11H,8H2,1-3H3,(H,18,20)(H,19,21). The van der Waals surface area contributed by atoms with Gasteiger partial charge in [-0.1, -0.05) is 18.2 Å². The fourth-order valence-corrected chi connectivity index (χ4v) is 1.93. The molecule has 0 unspecified atom stereocenters. The van der Waals surface area contributed by atoms with Crippen LogP contribution in [0.3, 0.4) is 0 Å². The molecule has 0 aliphatic carbocycles. The van der Waals surface area contributed by atoms with Gasteiger partial charge in [0.1, 0.15) is 17.3 Å². The minimum Gasteiger partial charge on any atom is -0.496 e. The van der Waals surface area contributed by atoms with Gasteiger partial charge in [-0.3, -0.25) is 4.79 Å². The number of aromatic nitrogens is 2. The van der Waals surface area contributed by atoms with E-state index in [-0.39, 0.29) is 17.6 Å². The predicted molar refractivity (Wildman–Crippen MR) is 85.0 cm³/mol. The molecule has 2 aromatic rings. The van der Waals surface area contributed by atoms with E-state index in [9.17, 15) is 4.79 Å². The van der Waals surface area contributed by atoms with Crippen LogP contribution in [0.4, 0.5) is 5.82 Å². The SMILES string of the molecule is COc1ccccc1CNC(=O)c1cnc(NC(C)C)cn1. The number of nitrogens with zero attached hydrogens (tertiary/aromatic N) is 2. The van der Waals surface area contributed by atoms with E-state index < -0.39 is 0 Å². The zero-order valence-corrected chi connectivity index (χ0v) is 13.0. The highest BCUT2D eigenvalue weighted by Crippen LogP contribution is 2.16. The monoisotopic (exact) mass is 300 g/mol. The van der Waals surface area contributed by atoms with Gasteiger partial charge in [-0.15, -0.1) is 0 Å². The van der Waals surface area contributed by atoms with Gasteiger partial charge in [0.25, 0.3) is 5.91 Å². The third kappa shape index (κ3) is 4.18. The first kappa shape index (κ1) is 15.8. The maximum atomic E-state index is 12.1. The van der Waals surface area contributed by atoms with Crippen LogP contribution in [0.25, 0.3) is 0 Å². The van der Waals surface area contributed by atoms with Crippen LogP contribution < -0.4 is 15.4 Å². The molecule has 0 spiro atoms. The maximum absolute atomic E-state index is 12.1. The van der Waals surface area contributed by atoms with Crippen molar-refractivity contribution in [3.05, 3.63) is 47.9 Å². The van der Waals surface area contributed by atoms with Crippen LogP contribution in [0.5, 0.6) is 5.75 Å². The van der Waals surface area contributed by atoms with Crippen molar-refractivity contribution in [3.8, 4) is 5.75 Å². The summed E-state index contributed by atoms with van der Waals surface area (Å²) in [7, 11) is 1.60. The van der Waals surface area contributed by atoms with Gasteiger partial charge < -0.3 is 15.4 Å².